The normalized spacial score (nSPS) is 24.4. The highest BCUT2D eigenvalue weighted by molar-refractivity contribution is 5.40. The number of allylic oxidation sites excluding steroid dienone is 3. The van der Waals surface area contributed by atoms with Crippen molar-refractivity contribution < 1.29 is 0 Å². The summed E-state index contributed by atoms with van der Waals surface area (Å²) >= 11 is 0. The summed E-state index contributed by atoms with van der Waals surface area (Å²) in [6, 6.07) is 11.1. The van der Waals surface area contributed by atoms with Gasteiger partial charge in [-0.05, 0) is 43.0 Å². The summed E-state index contributed by atoms with van der Waals surface area (Å²) in [4.78, 5) is 0. The van der Waals surface area contributed by atoms with Gasteiger partial charge in [0.2, 0.25) is 0 Å². The Bertz CT molecular complexity index is 454. The van der Waals surface area contributed by atoms with E-state index in [1.165, 1.54) is 16.7 Å². The molecule has 2 rings (SSSR count). The Morgan fingerprint density at radius 3 is 2.78 bits per heavy atom. The average Bonchev–Trinajstić information content (AvgIpc) is 2.42. The van der Waals surface area contributed by atoms with Gasteiger partial charge in [-0.1, -0.05) is 55.1 Å². The molecule has 0 amide bonds. The SMILES string of the molecule is C=C/C=C1\C(=C/C)CCN[C@H]1Cc1ccccc1. The Hall–Kier alpha value is -1.60. The van der Waals surface area contributed by atoms with E-state index in [1.807, 2.05) is 6.08 Å². The van der Waals surface area contributed by atoms with E-state index in [2.05, 4.69) is 61.3 Å². The van der Waals surface area contributed by atoms with Crippen LogP contribution in [0.1, 0.15) is 18.9 Å². The third-order valence-corrected chi connectivity index (χ3v) is 3.46. The number of hydrogen-bond acceptors (Lipinski definition) is 1. The highest BCUT2D eigenvalue weighted by atomic mass is 14.9. The lowest BCUT2D eigenvalue weighted by molar-refractivity contribution is 0.535. The minimum absolute atomic E-state index is 0.408. The van der Waals surface area contributed by atoms with Crippen LogP contribution in [0.4, 0.5) is 0 Å². The molecular formula is C17H21N. The monoisotopic (exact) mass is 239 g/mol. The molecule has 1 fully saturated rings. The topological polar surface area (TPSA) is 12.0 Å². The number of benzene rings is 1. The highest BCUT2D eigenvalue weighted by Crippen LogP contribution is 2.24. The first-order valence-corrected chi connectivity index (χ1v) is 6.60. The predicted octanol–water partition coefficient (Wildman–Crippen LogP) is 3.65. The van der Waals surface area contributed by atoms with Crippen LogP contribution in [-0.2, 0) is 6.42 Å². The standard InChI is InChI=1S/C17H21N/c1-3-8-16-15(4-2)11-12-18-17(16)13-14-9-6-5-7-10-14/h3-10,17-18H,1,11-13H2,2H3/b15-4-,16-8+/t17-/m0/s1. The first kappa shape index (κ1) is 12.8. The van der Waals surface area contributed by atoms with E-state index in [9.17, 15) is 0 Å². The molecule has 1 aliphatic heterocycles. The summed E-state index contributed by atoms with van der Waals surface area (Å²) in [7, 11) is 0. The molecule has 0 aromatic heterocycles. The van der Waals surface area contributed by atoms with Crippen LogP contribution in [0.3, 0.4) is 0 Å². The second kappa shape index (κ2) is 6.36. The van der Waals surface area contributed by atoms with Gasteiger partial charge in [-0.25, -0.2) is 0 Å². The van der Waals surface area contributed by atoms with Gasteiger partial charge in [0.25, 0.3) is 0 Å². The van der Waals surface area contributed by atoms with E-state index in [0.29, 0.717) is 6.04 Å². The third kappa shape index (κ3) is 2.99. The predicted molar refractivity (Wildman–Crippen MR) is 78.6 cm³/mol. The fraction of sp³-hybridized carbons (Fsp3) is 0.294. The highest BCUT2D eigenvalue weighted by Gasteiger charge is 2.21. The Morgan fingerprint density at radius 1 is 1.33 bits per heavy atom. The summed E-state index contributed by atoms with van der Waals surface area (Å²) in [5.41, 5.74) is 4.22. The lowest BCUT2D eigenvalue weighted by atomic mass is 9.88. The van der Waals surface area contributed by atoms with Crippen molar-refractivity contribution >= 4 is 0 Å². The van der Waals surface area contributed by atoms with Crippen molar-refractivity contribution in [2.75, 3.05) is 6.54 Å². The summed E-state index contributed by atoms with van der Waals surface area (Å²) in [6.45, 7) is 7.02. The van der Waals surface area contributed by atoms with Crippen molar-refractivity contribution in [2.45, 2.75) is 25.8 Å². The molecule has 0 saturated carbocycles. The van der Waals surface area contributed by atoms with Gasteiger partial charge in [-0.15, -0.1) is 0 Å². The van der Waals surface area contributed by atoms with Gasteiger partial charge in [0.1, 0.15) is 0 Å². The lowest BCUT2D eigenvalue weighted by Gasteiger charge is -2.29. The Kier molecular flexibility index (Phi) is 4.54. The minimum atomic E-state index is 0.408. The average molecular weight is 239 g/mol. The number of nitrogens with one attached hydrogen (secondary N) is 1. The maximum absolute atomic E-state index is 3.83. The smallest absolute Gasteiger partial charge is 0.0363 e. The van der Waals surface area contributed by atoms with E-state index in [1.54, 1.807) is 0 Å². The molecule has 1 saturated heterocycles. The molecule has 1 N–H and O–H groups in total. The molecule has 1 aromatic rings. The second-order valence-corrected chi connectivity index (χ2v) is 4.62. The van der Waals surface area contributed by atoms with Crippen molar-refractivity contribution in [2.24, 2.45) is 0 Å². The van der Waals surface area contributed by atoms with Crippen LogP contribution in [0.25, 0.3) is 0 Å². The molecule has 94 valence electrons. The minimum Gasteiger partial charge on any atom is -0.309 e. The van der Waals surface area contributed by atoms with E-state index in [0.717, 1.165) is 19.4 Å². The van der Waals surface area contributed by atoms with Gasteiger partial charge >= 0.3 is 0 Å². The summed E-state index contributed by atoms with van der Waals surface area (Å²) in [6.07, 6.45) is 8.42. The maximum Gasteiger partial charge on any atom is 0.0363 e. The van der Waals surface area contributed by atoms with Gasteiger partial charge in [-0.3, -0.25) is 0 Å². The quantitative estimate of drug-likeness (QED) is 0.849. The molecule has 0 spiro atoms. The van der Waals surface area contributed by atoms with Gasteiger partial charge < -0.3 is 5.32 Å². The zero-order chi connectivity index (χ0) is 12.8. The lowest BCUT2D eigenvalue weighted by Crippen LogP contribution is -2.38. The number of hydrogen-bond donors (Lipinski definition) is 1. The zero-order valence-electron chi connectivity index (χ0n) is 11.0. The Balaban J connectivity index is 2.20. The summed E-state index contributed by atoms with van der Waals surface area (Å²) in [5.74, 6) is 0. The van der Waals surface area contributed by atoms with Crippen molar-refractivity contribution in [1.29, 1.82) is 0 Å². The molecule has 1 heteroatoms. The van der Waals surface area contributed by atoms with Gasteiger partial charge in [0.15, 0.2) is 0 Å². The van der Waals surface area contributed by atoms with Gasteiger partial charge in [0, 0.05) is 6.04 Å². The molecule has 1 aromatic carbocycles. The van der Waals surface area contributed by atoms with Crippen LogP contribution >= 0.6 is 0 Å². The first-order chi connectivity index (χ1) is 8.85. The zero-order valence-corrected chi connectivity index (χ0v) is 11.0. The molecule has 0 radical (unpaired) electrons. The summed E-state index contributed by atoms with van der Waals surface area (Å²) in [5, 5.41) is 3.61. The number of rotatable bonds is 3. The second-order valence-electron chi connectivity index (χ2n) is 4.62. The van der Waals surface area contributed by atoms with Crippen LogP contribution in [0.5, 0.6) is 0 Å². The molecule has 1 atom stereocenters. The Morgan fingerprint density at radius 2 is 2.11 bits per heavy atom. The first-order valence-electron chi connectivity index (χ1n) is 6.60. The van der Waals surface area contributed by atoms with Crippen LogP contribution in [-0.4, -0.2) is 12.6 Å². The van der Waals surface area contributed by atoms with E-state index < -0.39 is 0 Å². The fourth-order valence-electron chi connectivity index (χ4n) is 2.55. The molecule has 1 aliphatic rings. The summed E-state index contributed by atoms with van der Waals surface area (Å²) < 4.78 is 0. The van der Waals surface area contributed by atoms with Gasteiger partial charge in [-0.2, -0.15) is 0 Å². The van der Waals surface area contributed by atoms with Crippen molar-refractivity contribution in [1.82, 2.24) is 5.32 Å². The fourth-order valence-corrected chi connectivity index (χ4v) is 2.55. The van der Waals surface area contributed by atoms with E-state index >= 15 is 0 Å². The number of piperidine rings is 1. The van der Waals surface area contributed by atoms with E-state index in [4.69, 9.17) is 0 Å². The van der Waals surface area contributed by atoms with Crippen molar-refractivity contribution in [3.63, 3.8) is 0 Å². The largest absolute Gasteiger partial charge is 0.309 e. The molecule has 0 bridgehead atoms. The van der Waals surface area contributed by atoms with Crippen LogP contribution in [0.15, 0.2) is 66.3 Å². The molecule has 0 aliphatic carbocycles. The van der Waals surface area contributed by atoms with Crippen LogP contribution in [0.2, 0.25) is 0 Å². The Labute approximate surface area is 110 Å². The van der Waals surface area contributed by atoms with E-state index in [-0.39, 0.29) is 0 Å². The molecule has 1 heterocycles. The van der Waals surface area contributed by atoms with Crippen molar-refractivity contribution in [3.05, 3.63) is 71.8 Å². The molecule has 18 heavy (non-hydrogen) atoms. The molecule has 1 nitrogen and oxygen atoms in total. The van der Waals surface area contributed by atoms with Gasteiger partial charge in [0.05, 0.1) is 0 Å². The van der Waals surface area contributed by atoms with Crippen LogP contribution in [0, 0.1) is 0 Å². The third-order valence-electron chi connectivity index (χ3n) is 3.46. The van der Waals surface area contributed by atoms with Crippen LogP contribution < -0.4 is 5.32 Å². The van der Waals surface area contributed by atoms with Crippen molar-refractivity contribution in [3.8, 4) is 0 Å². The molecule has 0 unspecified atom stereocenters. The maximum atomic E-state index is 3.83. The molecular weight excluding hydrogens is 218 g/mol.